The molecular weight excluding hydrogens is 208 g/mol. The van der Waals surface area contributed by atoms with Crippen molar-refractivity contribution < 1.29 is 14.3 Å². The molecule has 0 unspecified atom stereocenters. The van der Waals surface area contributed by atoms with Gasteiger partial charge in [0.1, 0.15) is 6.04 Å². The molecule has 90 valence electrons. The van der Waals surface area contributed by atoms with Crippen LogP contribution in [0.25, 0.3) is 0 Å². The third kappa shape index (κ3) is 1.99. The Morgan fingerprint density at radius 3 is 2.44 bits per heavy atom. The first kappa shape index (κ1) is 11.2. The summed E-state index contributed by atoms with van der Waals surface area (Å²) >= 11 is 0. The van der Waals surface area contributed by atoms with E-state index < -0.39 is 0 Å². The minimum atomic E-state index is -0.363. The van der Waals surface area contributed by atoms with Gasteiger partial charge in [-0.05, 0) is 25.7 Å². The molecule has 2 rings (SSSR count). The minimum Gasteiger partial charge on any atom is -0.467 e. The third-order valence-corrected chi connectivity index (χ3v) is 3.35. The summed E-state index contributed by atoms with van der Waals surface area (Å²) in [6.45, 7) is 2.32. The molecule has 0 spiro atoms. The lowest BCUT2D eigenvalue weighted by atomic mass is 10.2. The molecule has 2 aliphatic rings. The van der Waals surface area contributed by atoms with Gasteiger partial charge < -0.3 is 14.5 Å². The van der Waals surface area contributed by atoms with Crippen LogP contribution in [-0.2, 0) is 9.53 Å². The molecule has 2 fully saturated rings. The molecule has 2 saturated heterocycles. The number of rotatable bonds is 1. The van der Waals surface area contributed by atoms with E-state index in [2.05, 4.69) is 0 Å². The van der Waals surface area contributed by atoms with E-state index in [4.69, 9.17) is 4.74 Å². The third-order valence-electron chi connectivity index (χ3n) is 3.35. The number of carbonyl (C=O) groups excluding carboxylic acids is 2. The van der Waals surface area contributed by atoms with Crippen molar-refractivity contribution in [3.8, 4) is 0 Å². The lowest BCUT2D eigenvalue weighted by molar-refractivity contribution is -0.145. The lowest BCUT2D eigenvalue weighted by Crippen LogP contribution is -2.47. The van der Waals surface area contributed by atoms with Gasteiger partial charge in [-0.1, -0.05) is 0 Å². The topological polar surface area (TPSA) is 49.9 Å². The van der Waals surface area contributed by atoms with E-state index in [9.17, 15) is 9.59 Å². The molecule has 2 aliphatic heterocycles. The van der Waals surface area contributed by atoms with E-state index in [0.717, 1.165) is 38.8 Å². The first-order chi connectivity index (χ1) is 7.74. The van der Waals surface area contributed by atoms with E-state index in [1.54, 1.807) is 4.90 Å². The highest BCUT2D eigenvalue weighted by Gasteiger charge is 2.37. The fraction of sp³-hybridized carbons (Fsp3) is 0.818. The maximum Gasteiger partial charge on any atom is 0.328 e. The van der Waals surface area contributed by atoms with E-state index >= 15 is 0 Å². The van der Waals surface area contributed by atoms with Gasteiger partial charge in [-0.3, -0.25) is 0 Å². The first-order valence-corrected chi connectivity index (χ1v) is 5.87. The van der Waals surface area contributed by atoms with Crippen molar-refractivity contribution in [3.63, 3.8) is 0 Å². The van der Waals surface area contributed by atoms with Gasteiger partial charge in [0.15, 0.2) is 0 Å². The summed E-state index contributed by atoms with van der Waals surface area (Å²) in [7, 11) is 1.37. The van der Waals surface area contributed by atoms with Crippen LogP contribution in [0, 0.1) is 0 Å². The molecule has 16 heavy (non-hydrogen) atoms. The Labute approximate surface area is 95.3 Å². The van der Waals surface area contributed by atoms with E-state index in [0.29, 0.717) is 6.54 Å². The Morgan fingerprint density at radius 1 is 1.12 bits per heavy atom. The van der Waals surface area contributed by atoms with Crippen LogP contribution in [-0.4, -0.2) is 54.6 Å². The first-order valence-electron chi connectivity index (χ1n) is 5.87. The van der Waals surface area contributed by atoms with E-state index in [1.807, 2.05) is 4.90 Å². The van der Waals surface area contributed by atoms with Gasteiger partial charge in [0, 0.05) is 19.6 Å². The molecular formula is C11H18N2O3. The number of carbonyl (C=O) groups is 2. The van der Waals surface area contributed by atoms with Gasteiger partial charge >= 0.3 is 12.0 Å². The zero-order chi connectivity index (χ0) is 11.5. The van der Waals surface area contributed by atoms with Crippen LogP contribution < -0.4 is 0 Å². The molecule has 2 amide bonds. The number of likely N-dealkylation sites (tertiary alicyclic amines) is 2. The summed E-state index contributed by atoms with van der Waals surface area (Å²) in [6.07, 6.45) is 3.76. The number of amides is 2. The van der Waals surface area contributed by atoms with Crippen molar-refractivity contribution in [1.29, 1.82) is 0 Å². The molecule has 0 aliphatic carbocycles. The average molecular weight is 226 g/mol. The average Bonchev–Trinajstić information content (AvgIpc) is 2.97. The van der Waals surface area contributed by atoms with Gasteiger partial charge in [-0.2, -0.15) is 0 Å². The second-order valence-corrected chi connectivity index (χ2v) is 4.35. The normalized spacial score (nSPS) is 24.9. The molecule has 0 aromatic heterocycles. The number of nitrogens with zero attached hydrogens (tertiary/aromatic N) is 2. The van der Waals surface area contributed by atoms with Crippen molar-refractivity contribution >= 4 is 12.0 Å². The molecule has 2 heterocycles. The van der Waals surface area contributed by atoms with Crippen molar-refractivity contribution in [1.82, 2.24) is 9.80 Å². The number of ether oxygens (including phenoxy) is 1. The second-order valence-electron chi connectivity index (χ2n) is 4.35. The predicted octanol–water partition coefficient (Wildman–Crippen LogP) is 0.840. The van der Waals surface area contributed by atoms with Crippen LogP contribution in [0.3, 0.4) is 0 Å². The van der Waals surface area contributed by atoms with Crippen LogP contribution in [0.4, 0.5) is 4.79 Å². The Kier molecular flexibility index (Phi) is 3.31. The van der Waals surface area contributed by atoms with Crippen molar-refractivity contribution in [2.45, 2.75) is 31.7 Å². The van der Waals surface area contributed by atoms with E-state index in [1.165, 1.54) is 7.11 Å². The SMILES string of the molecule is COC(=O)[C@@H]1CCCN1C(=O)N1CCCC1. The van der Waals surface area contributed by atoms with Crippen LogP contribution >= 0.6 is 0 Å². The fourth-order valence-electron chi connectivity index (χ4n) is 2.47. The molecule has 0 saturated carbocycles. The number of hydrogen-bond acceptors (Lipinski definition) is 3. The molecule has 0 N–H and O–H groups in total. The van der Waals surface area contributed by atoms with Crippen LogP contribution in [0.1, 0.15) is 25.7 Å². The highest BCUT2D eigenvalue weighted by Crippen LogP contribution is 2.21. The standard InChI is InChI=1S/C11H18N2O3/c1-16-10(14)9-5-4-8-13(9)11(15)12-6-2-3-7-12/h9H,2-8H2,1H3/t9-/m0/s1. The van der Waals surface area contributed by atoms with Crippen molar-refractivity contribution in [2.24, 2.45) is 0 Å². The molecule has 0 radical (unpaired) electrons. The lowest BCUT2D eigenvalue weighted by Gasteiger charge is -2.27. The number of urea groups is 1. The second kappa shape index (κ2) is 4.72. The van der Waals surface area contributed by atoms with Gasteiger partial charge in [0.25, 0.3) is 0 Å². The zero-order valence-corrected chi connectivity index (χ0v) is 9.65. The van der Waals surface area contributed by atoms with Crippen LogP contribution in [0.2, 0.25) is 0 Å². The Morgan fingerprint density at radius 2 is 1.81 bits per heavy atom. The van der Waals surface area contributed by atoms with Gasteiger partial charge in [0.05, 0.1) is 7.11 Å². The van der Waals surface area contributed by atoms with Gasteiger partial charge in [0.2, 0.25) is 0 Å². The summed E-state index contributed by atoms with van der Waals surface area (Å²) < 4.78 is 4.73. The highest BCUT2D eigenvalue weighted by molar-refractivity contribution is 5.84. The fourth-order valence-corrected chi connectivity index (χ4v) is 2.47. The maximum absolute atomic E-state index is 12.1. The Hall–Kier alpha value is -1.26. The molecule has 5 heteroatoms. The summed E-state index contributed by atoms with van der Waals surface area (Å²) in [5.41, 5.74) is 0. The predicted molar refractivity (Wildman–Crippen MR) is 57.9 cm³/mol. The summed E-state index contributed by atoms with van der Waals surface area (Å²) in [5, 5.41) is 0. The Balaban J connectivity index is 2.01. The summed E-state index contributed by atoms with van der Waals surface area (Å²) in [4.78, 5) is 27.1. The highest BCUT2D eigenvalue weighted by atomic mass is 16.5. The van der Waals surface area contributed by atoms with Crippen LogP contribution in [0.5, 0.6) is 0 Å². The van der Waals surface area contributed by atoms with Gasteiger partial charge in [-0.15, -0.1) is 0 Å². The molecule has 0 aromatic rings. The molecule has 0 bridgehead atoms. The summed E-state index contributed by atoms with van der Waals surface area (Å²) in [6, 6.07) is -0.358. The monoisotopic (exact) mass is 226 g/mol. The number of methoxy groups -OCH3 is 1. The van der Waals surface area contributed by atoms with Gasteiger partial charge in [-0.25, -0.2) is 9.59 Å². The van der Waals surface area contributed by atoms with Crippen LogP contribution in [0.15, 0.2) is 0 Å². The number of hydrogen-bond donors (Lipinski definition) is 0. The van der Waals surface area contributed by atoms with E-state index in [-0.39, 0.29) is 18.0 Å². The quantitative estimate of drug-likeness (QED) is 0.622. The molecule has 5 nitrogen and oxygen atoms in total. The zero-order valence-electron chi connectivity index (χ0n) is 9.65. The molecule has 0 aromatic carbocycles. The van der Waals surface area contributed by atoms with Crippen molar-refractivity contribution in [2.75, 3.05) is 26.7 Å². The largest absolute Gasteiger partial charge is 0.467 e. The maximum atomic E-state index is 12.1. The smallest absolute Gasteiger partial charge is 0.328 e. The summed E-state index contributed by atoms with van der Waals surface area (Å²) in [5.74, 6) is -0.287. The number of esters is 1. The van der Waals surface area contributed by atoms with Crippen molar-refractivity contribution in [3.05, 3.63) is 0 Å². The Bertz CT molecular complexity index is 287. The minimum absolute atomic E-state index is 0.00500. The molecule has 1 atom stereocenters.